The quantitative estimate of drug-likeness (QED) is 0.0315. The predicted octanol–water partition coefficient (Wildman–Crippen LogP) is -0.386. The van der Waals surface area contributed by atoms with Crippen LogP contribution in [0, 0.1) is 24.2 Å². The predicted molar refractivity (Wildman–Crippen MR) is 277 cm³/mol. The average molecular weight is 1060 g/mol. The summed E-state index contributed by atoms with van der Waals surface area (Å²) >= 11 is 0. The van der Waals surface area contributed by atoms with Gasteiger partial charge in [-0.3, -0.25) is 14.4 Å². The lowest BCUT2D eigenvalue weighted by atomic mass is 9.98. The molecule has 5 atom stereocenters. The fraction of sp³-hybridized carbons (Fsp3) is 0.600. The lowest BCUT2D eigenvalue weighted by Crippen LogP contribution is -3.00. The molecule has 1 aromatic carbocycles. The summed E-state index contributed by atoms with van der Waals surface area (Å²) in [6.45, 7) is 14.0. The maximum Gasteiger partial charge on any atom is 0.303 e. The largest absolute Gasteiger partial charge is 1.00 e. The number of aromatic amines is 1. The molecule has 5 unspecified atom stereocenters. The molecule has 408 valence electrons. The molecule has 7 rings (SSSR count). The molecule has 2 aliphatic rings. The van der Waals surface area contributed by atoms with E-state index >= 15 is 0 Å². The Bertz CT molecular complexity index is 2590. The average Bonchev–Trinajstić information content (AvgIpc) is 4.20. The van der Waals surface area contributed by atoms with Gasteiger partial charge in [-0.15, -0.1) is 16.6 Å². The molecule has 0 radical (unpaired) electrons. The number of rotatable bonds is 28. The monoisotopic (exact) mass is 1060 g/mol. The van der Waals surface area contributed by atoms with Crippen molar-refractivity contribution in [3.05, 3.63) is 59.8 Å². The van der Waals surface area contributed by atoms with Crippen LogP contribution in [-0.2, 0) is 35.0 Å². The number of nitrogens with two attached hydrogens (primary N) is 2. The zero-order valence-corrected chi connectivity index (χ0v) is 44.2. The van der Waals surface area contributed by atoms with E-state index < -0.39 is 18.1 Å². The molecule has 75 heavy (non-hydrogen) atoms. The number of terminal acetylenes is 1. The summed E-state index contributed by atoms with van der Waals surface area (Å²) < 4.78 is 19.7. The summed E-state index contributed by atoms with van der Waals surface area (Å²) in [5.74, 6) is 2.76. The van der Waals surface area contributed by atoms with Crippen LogP contribution in [0.15, 0.2) is 42.7 Å². The first-order valence-electron chi connectivity index (χ1n) is 25.7. The van der Waals surface area contributed by atoms with E-state index in [1.165, 1.54) is 4.68 Å². The van der Waals surface area contributed by atoms with Gasteiger partial charge >= 0.3 is 5.97 Å². The van der Waals surface area contributed by atoms with Gasteiger partial charge in [-0.2, -0.15) is 15.0 Å². The number of para-hydroxylation sites is 1. The van der Waals surface area contributed by atoms with Crippen LogP contribution in [0.25, 0.3) is 10.9 Å². The van der Waals surface area contributed by atoms with Crippen molar-refractivity contribution in [2.24, 2.45) is 23.3 Å². The molecule has 2 saturated heterocycles. The molecule has 0 spiro atoms. The molecular weight excluding hydrogens is 986 g/mol. The number of ether oxygens (including phenoxy) is 3. The lowest BCUT2D eigenvalue weighted by Gasteiger charge is -2.38. The number of carbonyl (C=O) groups is 3. The van der Waals surface area contributed by atoms with Crippen molar-refractivity contribution >= 4 is 46.5 Å². The summed E-state index contributed by atoms with van der Waals surface area (Å²) in [6, 6.07) is 7.85. The van der Waals surface area contributed by atoms with Crippen LogP contribution >= 0.6 is 0 Å². The fourth-order valence-corrected chi connectivity index (χ4v) is 8.95. The molecule has 0 aliphatic carbocycles. The highest BCUT2D eigenvalue weighted by molar-refractivity contribution is 5.83. The van der Waals surface area contributed by atoms with Gasteiger partial charge in [0.2, 0.25) is 29.7 Å². The van der Waals surface area contributed by atoms with E-state index in [1.54, 1.807) is 22.0 Å². The third-order valence-corrected chi connectivity index (χ3v) is 13.4. The summed E-state index contributed by atoms with van der Waals surface area (Å²) in [5.41, 5.74) is 16.0. The molecule has 4 aromatic heterocycles. The van der Waals surface area contributed by atoms with Crippen molar-refractivity contribution in [1.82, 2.24) is 59.7 Å². The number of aromatic nitrogens is 10. The highest BCUT2D eigenvalue weighted by Crippen LogP contribution is 2.27. The minimum absolute atomic E-state index is 0. The Morgan fingerprint density at radius 2 is 1.37 bits per heavy atom. The number of nitrogens with one attached hydrogen (secondary N) is 2. The van der Waals surface area contributed by atoms with Crippen molar-refractivity contribution < 1.29 is 46.1 Å². The third kappa shape index (κ3) is 16.0. The number of benzene rings is 1. The second kappa shape index (κ2) is 28.4. The Balaban J connectivity index is 0.00000914. The first kappa shape index (κ1) is 57.8. The van der Waals surface area contributed by atoms with E-state index in [-0.39, 0.29) is 61.7 Å². The van der Waals surface area contributed by atoms with E-state index in [2.05, 4.69) is 56.8 Å². The number of hydrogen-bond donors (Lipinski definition) is 5. The lowest BCUT2D eigenvalue weighted by molar-refractivity contribution is -0.139. The minimum Gasteiger partial charge on any atom is -1.00 e. The zero-order chi connectivity index (χ0) is 52.6. The van der Waals surface area contributed by atoms with Crippen molar-refractivity contribution in [2.75, 3.05) is 114 Å². The van der Waals surface area contributed by atoms with Gasteiger partial charge in [-0.1, -0.05) is 68.7 Å². The Morgan fingerprint density at radius 1 is 0.800 bits per heavy atom. The fourth-order valence-electron chi connectivity index (χ4n) is 8.95. The number of anilines is 3. The van der Waals surface area contributed by atoms with Crippen LogP contribution in [-0.4, -0.2) is 181 Å². The number of piperazine rings is 2. The van der Waals surface area contributed by atoms with Gasteiger partial charge < -0.3 is 73.1 Å². The van der Waals surface area contributed by atoms with Gasteiger partial charge in [0.05, 0.1) is 68.9 Å². The Hall–Kier alpha value is -6.49. The SMILES string of the molecule is C#CCOCCOCCOCCNc1nc(N2CCN(C(=O)C(Cc3cc4ccccc4[nH]3)n3cc(C(N)CC(C)C)nn3)CC2)nc(N2CCN(C(=O)C(CCC(=O)O)n3cc(C(N)C(C)CC)nn3)CC2)n1.[Cl-]. The smallest absolute Gasteiger partial charge is 0.303 e. The van der Waals surface area contributed by atoms with Crippen molar-refractivity contribution in [3.63, 3.8) is 0 Å². The third-order valence-electron chi connectivity index (χ3n) is 13.4. The van der Waals surface area contributed by atoms with Crippen LogP contribution in [0.1, 0.15) is 94.6 Å². The molecule has 7 N–H and O–H groups in total. The Morgan fingerprint density at radius 3 is 1.97 bits per heavy atom. The second-order valence-corrected chi connectivity index (χ2v) is 19.2. The first-order chi connectivity index (χ1) is 35.8. The van der Waals surface area contributed by atoms with Crippen LogP contribution in [0.4, 0.5) is 17.8 Å². The number of amides is 2. The molecule has 24 nitrogen and oxygen atoms in total. The van der Waals surface area contributed by atoms with Crippen LogP contribution in [0.2, 0.25) is 0 Å². The van der Waals surface area contributed by atoms with Crippen LogP contribution in [0.5, 0.6) is 0 Å². The molecular formula is C50H73ClN17O7-. The Kier molecular flexibility index (Phi) is 21.9. The number of aliphatic carboxylic acids is 1. The highest BCUT2D eigenvalue weighted by atomic mass is 35.5. The number of carboxylic acid groups (broad SMARTS) is 1. The molecule has 2 fully saturated rings. The van der Waals surface area contributed by atoms with Gasteiger partial charge in [0.25, 0.3) is 0 Å². The number of halogens is 1. The Labute approximate surface area is 444 Å². The summed E-state index contributed by atoms with van der Waals surface area (Å²) in [7, 11) is 0. The van der Waals surface area contributed by atoms with Crippen LogP contribution in [0.3, 0.4) is 0 Å². The first-order valence-corrected chi connectivity index (χ1v) is 25.7. The summed E-state index contributed by atoms with van der Waals surface area (Å²) in [4.78, 5) is 66.3. The van der Waals surface area contributed by atoms with Gasteiger partial charge in [0, 0.05) is 83.0 Å². The molecule has 2 amide bonds. The van der Waals surface area contributed by atoms with E-state index in [0.29, 0.717) is 134 Å². The van der Waals surface area contributed by atoms with Gasteiger partial charge in [0.15, 0.2) is 0 Å². The molecule has 25 heteroatoms. The number of H-pyrrole nitrogens is 1. The van der Waals surface area contributed by atoms with Gasteiger partial charge in [-0.05, 0) is 42.2 Å². The molecule has 2 aliphatic heterocycles. The standard InChI is InChI=1S/C50H73N17O7.ClH/c1-6-23-72-25-27-74-28-26-73-24-14-53-48-55-49(64-19-15-62(16-20-64)46(70)42(12-13-44(68)69)66-33-41(59-61-66)45(52)35(5)7-2)57-50(56-48)65-21-17-63(18-22-65)47(71)43(31-37-30-36-10-8-9-11-39(36)54-37)67-32-40(58-60-67)38(51)29-34(3)4;/h1,8-11,30,32-35,38,42-43,45,54H,7,12-29,31,51-52H2,2-5H3,(H,68,69)(H,53,55,56,57);1H/p-1. The van der Waals surface area contributed by atoms with E-state index in [9.17, 15) is 19.5 Å². The number of carboxylic acids is 1. The van der Waals surface area contributed by atoms with Crippen LogP contribution < -0.4 is 39.0 Å². The molecule has 5 aromatic rings. The van der Waals surface area contributed by atoms with Crippen molar-refractivity contribution in [1.29, 1.82) is 0 Å². The van der Waals surface area contributed by atoms with E-state index in [4.69, 9.17) is 47.1 Å². The molecule has 0 bridgehead atoms. The topological polar surface area (TPSA) is 292 Å². The zero-order valence-electron chi connectivity index (χ0n) is 43.5. The van der Waals surface area contributed by atoms with Crippen molar-refractivity contribution in [2.45, 2.75) is 84.0 Å². The number of hydrogen-bond acceptors (Lipinski definition) is 18. The van der Waals surface area contributed by atoms with Gasteiger partial charge in [-0.25, -0.2) is 9.36 Å². The second-order valence-electron chi connectivity index (χ2n) is 19.2. The van der Waals surface area contributed by atoms with E-state index in [0.717, 1.165) is 29.4 Å². The highest BCUT2D eigenvalue weighted by Gasteiger charge is 2.34. The maximum absolute atomic E-state index is 14.7. The normalized spacial score (nSPS) is 16.1. The van der Waals surface area contributed by atoms with Crippen molar-refractivity contribution in [3.8, 4) is 12.3 Å². The molecule has 0 saturated carbocycles. The number of nitrogens with zero attached hydrogens (tertiary/aromatic N) is 13. The summed E-state index contributed by atoms with van der Waals surface area (Å²) in [6.07, 6.45) is 10.4. The van der Waals surface area contributed by atoms with E-state index in [1.807, 2.05) is 52.8 Å². The van der Waals surface area contributed by atoms with Gasteiger partial charge in [0.1, 0.15) is 18.7 Å². The minimum atomic E-state index is -1.01. The number of fused-ring (bicyclic) bond motifs is 1. The number of carbonyl (C=O) groups excluding carboxylic acids is 2. The summed E-state index contributed by atoms with van der Waals surface area (Å²) in [5, 5.41) is 31.3. The maximum atomic E-state index is 14.7. The molecule has 6 heterocycles.